The van der Waals surface area contributed by atoms with Gasteiger partial charge < -0.3 is 5.32 Å². The molecule has 1 fully saturated rings. The molecule has 1 aliphatic heterocycles. The van der Waals surface area contributed by atoms with Crippen molar-refractivity contribution in [3.63, 3.8) is 0 Å². The summed E-state index contributed by atoms with van der Waals surface area (Å²) in [5, 5.41) is 3.67. The minimum Gasteiger partial charge on any atom is -0.313 e. The van der Waals surface area contributed by atoms with Crippen LogP contribution in [0.15, 0.2) is 6.07 Å². The zero-order chi connectivity index (χ0) is 13.0. The maximum absolute atomic E-state index is 3.67. The zero-order valence-corrected chi connectivity index (χ0v) is 12.8. The van der Waals surface area contributed by atoms with Crippen LogP contribution in [0.4, 0.5) is 0 Å². The highest BCUT2D eigenvalue weighted by atomic mass is 32.1. The van der Waals surface area contributed by atoms with Gasteiger partial charge in [0.25, 0.3) is 0 Å². The molecule has 0 amide bonds. The number of rotatable bonds is 5. The van der Waals surface area contributed by atoms with E-state index >= 15 is 0 Å². The standard InChI is InChI=1S/C15H26N2S/c1-4-7-16-14-6-5-8-17(10-14)11-15-9-12(2)13(3)18-15/h9,14,16H,4-8,10-11H2,1-3H3. The van der Waals surface area contributed by atoms with Crippen molar-refractivity contribution in [2.45, 2.75) is 52.6 Å². The first-order valence-corrected chi connectivity index (χ1v) is 8.02. The van der Waals surface area contributed by atoms with E-state index in [-0.39, 0.29) is 0 Å². The van der Waals surface area contributed by atoms with Gasteiger partial charge in [-0.25, -0.2) is 0 Å². The van der Waals surface area contributed by atoms with Gasteiger partial charge in [0.15, 0.2) is 0 Å². The molecule has 1 aliphatic rings. The fourth-order valence-corrected chi connectivity index (χ4v) is 3.76. The Balaban J connectivity index is 1.85. The summed E-state index contributed by atoms with van der Waals surface area (Å²) in [6.07, 6.45) is 3.92. The minimum absolute atomic E-state index is 0.709. The largest absolute Gasteiger partial charge is 0.313 e. The summed E-state index contributed by atoms with van der Waals surface area (Å²) in [5.74, 6) is 0. The summed E-state index contributed by atoms with van der Waals surface area (Å²) in [5.41, 5.74) is 1.45. The van der Waals surface area contributed by atoms with Crippen LogP contribution in [0.2, 0.25) is 0 Å². The Labute approximate surface area is 115 Å². The van der Waals surface area contributed by atoms with Crippen LogP contribution in [-0.4, -0.2) is 30.6 Å². The number of nitrogens with zero attached hydrogens (tertiary/aromatic N) is 1. The normalized spacial score (nSPS) is 21.4. The summed E-state index contributed by atoms with van der Waals surface area (Å²) >= 11 is 1.97. The maximum atomic E-state index is 3.67. The molecule has 1 N–H and O–H groups in total. The van der Waals surface area contributed by atoms with Crippen molar-refractivity contribution >= 4 is 11.3 Å². The molecule has 1 unspecified atom stereocenters. The first-order valence-electron chi connectivity index (χ1n) is 7.20. The van der Waals surface area contributed by atoms with Gasteiger partial charge in [0.2, 0.25) is 0 Å². The summed E-state index contributed by atoms with van der Waals surface area (Å²) < 4.78 is 0. The molecule has 102 valence electrons. The van der Waals surface area contributed by atoms with Gasteiger partial charge >= 0.3 is 0 Å². The van der Waals surface area contributed by atoms with E-state index in [1.165, 1.54) is 47.7 Å². The fraction of sp³-hybridized carbons (Fsp3) is 0.733. The van der Waals surface area contributed by atoms with E-state index in [9.17, 15) is 0 Å². The van der Waals surface area contributed by atoms with Crippen LogP contribution < -0.4 is 5.32 Å². The van der Waals surface area contributed by atoms with E-state index in [1.807, 2.05) is 11.3 Å². The van der Waals surface area contributed by atoms with E-state index < -0.39 is 0 Å². The molecule has 0 aromatic carbocycles. The predicted molar refractivity (Wildman–Crippen MR) is 80.4 cm³/mol. The lowest BCUT2D eigenvalue weighted by molar-refractivity contribution is 0.185. The van der Waals surface area contributed by atoms with Crippen molar-refractivity contribution < 1.29 is 0 Å². The number of thiophene rings is 1. The number of piperidine rings is 1. The highest BCUT2D eigenvalue weighted by Gasteiger charge is 2.19. The third kappa shape index (κ3) is 3.81. The summed E-state index contributed by atoms with van der Waals surface area (Å²) in [6.45, 7) is 11.5. The number of likely N-dealkylation sites (tertiary alicyclic amines) is 1. The van der Waals surface area contributed by atoms with Gasteiger partial charge in [0, 0.05) is 28.9 Å². The molecule has 0 bridgehead atoms. The number of hydrogen-bond acceptors (Lipinski definition) is 3. The Hall–Kier alpha value is -0.380. The van der Waals surface area contributed by atoms with Crippen LogP contribution in [0.25, 0.3) is 0 Å². The first-order chi connectivity index (χ1) is 8.69. The van der Waals surface area contributed by atoms with Gasteiger partial charge in [-0.15, -0.1) is 11.3 Å². The summed E-state index contributed by atoms with van der Waals surface area (Å²) in [4.78, 5) is 5.62. The highest BCUT2D eigenvalue weighted by molar-refractivity contribution is 7.12. The second-order valence-corrected chi connectivity index (χ2v) is 6.82. The molecule has 0 radical (unpaired) electrons. The van der Waals surface area contributed by atoms with Gasteiger partial charge in [0.05, 0.1) is 0 Å². The SMILES string of the molecule is CCCNC1CCCN(Cc2cc(C)c(C)s2)C1. The molecule has 0 aliphatic carbocycles. The van der Waals surface area contributed by atoms with Crippen LogP contribution in [0.3, 0.4) is 0 Å². The Morgan fingerprint density at radius 2 is 2.28 bits per heavy atom. The molecule has 18 heavy (non-hydrogen) atoms. The molecular weight excluding hydrogens is 240 g/mol. The average Bonchev–Trinajstić information content (AvgIpc) is 2.66. The summed E-state index contributed by atoms with van der Waals surface area (Å²) in [7, 11) is 0. The van der Waals surface area contributed by atoms with Gasteiger partial charge in [-0.2, -0.15) is 0 Å². The van der Waals surface area contributed by atoms with Crippen molar-refractivity contribution in [2.75, 3.05) is 19.6 Å². The van der Waals surface area contributed by atoms with Crippen molar-refractivity contribution in [1.82, 2.24) is 10.2 Å². The third-order valence-corrected chi connectivity index (χ3v) is 4.92. The Morgan fingerprint density at radius 3 is 2.94 bits per heavy atom. The molecule has 1 aromatic rings. The van der Waals surface area contributed by atoms with Gasteiger partial charge in [-0.05, 0) is 57.8 Å². The van der Waals surface area contributed by atoms with Crippen molar-refractivity contribution in [3.8, 4) is 0 Å². The topological polar surface area (TPSA) is 15.3 Å². The molecule has 1 aromatic heterocycles. The molecule has 0 spiro atoms. The van der Waals surface area contributed by atoms with E-state index in [4.69, 9.17) is 0 Å². The van der Waals surface area contributed by atoms with Crippen LogP contribution in [0, 0.1) is 13.8 Å². The van der Waals surface area contributed by atoms with Crippen molar-refractivity contribution in [3.05, 3.63) is 21.4 Å². The first kappa shape index (κ1) is 14.0. The van der Waals surface area contributed by atoms with E-state index in [0.29, 0.717) is 6.04 Å². The average molecular weight is 266 g/mol. The van der Waals surface area contributed by atoms with E-state index in [1.54, 1.807) is 0 Å². The third-order valence-electron chi connectivity index (χ3n) is 3.78. The number of nitrogens with one attached hydrogen (secondary N) is 1. The maximum Gasteiger partial charge on any atom is 0.0328 e. The van der Waals surface area contributed by atoms with E-state index in [2.05, 4.69) is 37.1 Å². The van der Waals surface area contributed by atoms with Crippen molar-refractivity contribution in [1.29, 1.82) is 0 Å². The Bertz CT molecular complexity index is 353. The smallest absolute Gasteiger partial charge is 0.0328 e. The molecule has 2 rings (SSSR count). The molecule has 2 heterocycles. The van der Waals surface area contributed by atoms with Gasteiger partial charge in [0.1, 0.15) is 0 Å². The highest BCUT2D eigenvalue weighted by Crippen LogP contribution is 2.23. The second kappa shape index (κ2) is 6.69. The van der Waals surface area contributed by atoms with Crippen molar-refractivity contribution in [2.24, 2.45) is 0 Å². The zero-order valence-electron chi connectivity index (χ0n) is 12.0. The molecule has 2 nitrogen and oxygen atoms in total. The number of hydrogen-bond donors (Lipinski definition) is 1. The van der Waals surface area contributed by atoms with Crippen LogP contribution in [0.5, 0.6) is 0 Å². The summed E-state index contributed by atoms with van der Waals surface area (Å²) in [6, 6.07) is 3.07. The van der Waals surface area contributed by atoms with Gasteiger partial charge in [-0.3, -0.25) is 4.90 Å². The molecule has 0 saturated carbocycles. The molecule has 1 saturated heterocycles. The second-order valence-electron chi connectivity index (χ2n) is 5.48. The fourth-order valence-electron chi connectivity index (χ4n) is 2.66. The van der Waals surface area contributed by atoms with Crippen LogP contribution >= 0.6 is 11.3 Å². The predicted octanol–water partition coefficient (Wildman–Crippen LogP) is 3.33. The Kier molecular flexibility index (Phi) is 5.22. The quantitative estimate of drug-likeness (QED) is 0.879. The monoisotopic (exact) mass is 266 g/mol. The van der Waals surface area contributed by atoms with Crippen LogP contribution in [-0.2, 0) is 6.54 Å². The lowest BCUT2D eigenvalue weighted by Gasteiger charge is -2.33. The van der Waals surface area contributed by atoms with Gasteiger partial charge in [-0.1, -0.05) is 6.92 Å². The van der Waals surface area contributed by atoms with E-state index in [0.717, 1.165) is 13.1 Å². The van der Waals surface area contributed by atoms with Crippen LogP contribution in [0.1, 0.15) is 41.5 Å². The molecule has 1 atom stereocenters. The lowest BCUT2D eigenvalue weighted by Crippen LogP contribution is -2.45. The minimum atomic E-state index is 0.709. The molecular formula is C15H26N2S. The Morgan fingerprint density at radius 1 is 1.44 bits per heavy atom. The number of aryl methyl sites for hydroxylation is 2. The lowest BCUT2D eigenvalue weighted by atomic mass is 10.1. The molecule has 3 heteroatoms.